The Labute approximate surface area is 157 Å². The molecule has 2 rings (SSSR count). The molecule has 0 saturated carbocycles. The van der Waals surface area contributed by atoms with E-state index < -0.39 is 15.9 Å². The molecule has 0 bridgehead atoms. The molecule has 0 atom stereocenters. The van der Waals surface area contributed by atoms with Crippen LogP contribution in [0.2, 0.25) is 0 Å². The molecular formula is C18H18N4O4S. The lowest BCUT2D eigenvalue weighted by Gasteiger charge is -2.07. The Hall–Kier alpha value is -3.35. The van der Waals surface area contributed by atoms with E-state index in [4.69, 9.17) is 15.1 Å². The number of rotatable bonds is 7. The lowest BCUT2D eigenvalue weighted by molar-refractivity contribution is -0.112. The van der Waals surface area contributed by atoms with Crippen LogP contribution in [0.5, 0.6) is 5.75 Å². The molecule has 1 amide bonds. The van der Waals surface area contributed by atoms with Gasteiger partial charge in [-0.1, -0.05) is 12.1 Å². The Morgan fingerprint density at radius 3 is 2.56 bits per heavy atom. The molecule has 0 spiro atoms. The predicted octanol–water partition coefficient (Wildman–Crippen LogP) is 1.48. The molecule has 2 aromatic rings. The second-order valence-corrected chi connectivity index (χ2v) is 6.99. The maximum atomic E-state index is 12.2. The zero-order chi connectivity index (χ0) is 19.9. The smallest absolute Gasteiger partial charge is 0.267 e. The van der Waals surface area contributed by atoms with Crippen molar-refractivity contribution in [3.8, 4) is 11.8 Å². The average molecular weight is 386 g/mol. The third-order valence-electron chi connectivity index (χ3n) is 3.49. The molecule has 0 unspecified atom stereocenters. The van der Waals surface area contributed by atoms with Crippen molar-refractivity contribution in [3.63, 3.8) is 0 Å². The maximum absolute atomic E-state index is 12.2. The van der Waals surface area contributed by atoms with Crippen LogP contribution in [0.4, 0.5) is 5.69 Å². The van der Waals surface area contributed by atoms with Gasteiger partial charge in [0.05, 0.1) is 12.0 Å². The van der Waals surface area contributed by atoms with Crippen LogP contribution in [-0.4, -0.2) is 21.4 Å². The fourth-order valence-corrected chi connectivity index (χ4v) is 2.64. The van der Waals surface area contributed by atoms with Crippen molar-refractivity contribution < 1.29 is 17.9 Å². The fourth-order valence-electron chi connectivity index (χ4n) is 2.13. The third kappa shape index (κ3) is 5.85. The van der Waals surface area contributed by atoms with E-state index in [9.17, 15) is 13.2 Å². The van der Waals surface area contributed by atoms with E-state index in [1.165, 1.54) is 30.5 Å². The van der Waals surface area contributed by atoms with Gasteiger partial charge in [-0.3, -0.25) is 4.79 Å². The number of primary sulfonamides is 1. The highest BCUT2D eigenvalue weighted by Gasteiger charge is 2.11. The Bertz CT molecular complexity index is 993. The predicted molar refractivity (Wildman–Crippen MR) is 100.0 cm³/mol. The van der Waals surface area contributed by atoms with Gasteiger partial charge >= 0.3 is 0 Å². The molecule has 0 aliphatic carbocycles. The summed E-state index contributed by atoms with van der Waals surface area (Å²) in [5.74, 6) is 0.0819. The molecule has 0 heterocycles. The summed E-state index contributed by atoms with van der Waals surface area (Å²) >= 11 is 0. The van der Waals surface area contributed by atoms with Crippen molar-refractivity contribution in [3.05, 3.63) is 65.9 Å². The summed E-state index contributed by atoms with van der Waals surface area (Å²) in [5, 5.41) is 19.6. The highest BCUT2D eigenvalue weighted by molar-refractivity contribution is 7.89. The first-order chi connectivity index (χ1) is 12.8. The van der Waals surface area contributed by atoms with E-state index in [2.05, 4.69) is 10.6 Å². The number of hydrogen-bond acceptors (Lipinski definition) is 6. The molecule has 0 radical (unpaired) electrons. The number of sulfonamides is 1. The molecule has 0 fully saturated rings. The molecule has 140 valence electrons. The van der Waals surface area contributed by atoms with Gasteiger partial charge in [-0.15, -0.1) is 0 Å². The number of nitrogens with two attached hydrogens (primary N) is 1. The first-order valence-corrected chi connectivity index (χ1v) is 9.29. The molecule has 0 aromatic heterocycles. The van der Waals surface area contributed by atoms with Crippen LogP contribution < -0.4 is 20.5 Å². The molecule has 4 N–H and O–H groups in total. The number of amides is 1. The quantitative estimate of drug-likeness (QED) is 0.487. The average Bonchev–Trinajstić information content (AvgIpc) is 2.65. The standard InChI is InChI=1S/C18H18N4O4S/c1-26-16-4-2-3-13(9-16)11-21-12-14(10-19)18(23)22-15-5-7-17(8-6-15)27(20,24)25/h2-9,12,21H,11H2,1H3,(H,22,23)(H2,20,24,25)/b14-12-. The number of benzene rings is 2. The zero-order valence-corrected chi connectivity index (χ0v) is 15.3. The Morgan fingerprint density at radius 2 is 1.96 bits per heavy atom. The number of nitrogens with one attached hydrogen (secondary N) is 2. The summed E-state index contributed by atoms with van der Waals surface area (Å²) in [6.07, 6.45) is 1.31. The first-order valence-electron chi connectivity index (χ1n) is 7.74. The SMILES string of the molecule is COc1cccc(CN/C=C(/C#N)C(=O)Nc2ccc(S(N)(=O)=O)cc2)c1. The lowest BCUT2D eigenvalue weighted by Crippen LogP contribution is -2.17. The van der Waals surface area contributed by atoms with Gasteiger partial charge in [-0.05, 0) is 42.0 Å². The van der Waals surface area contributed by atoms with Gasteiger partial charge in [0.2, 0.25) is 10.0 Å². The first kappa shape index (κ1) is 20.0. The van der Waals surface area contributed by atoms with E-state index in [-0.39, 0.29) is 10.5 Å². The van der Waals surface area contributed by atoms with Crippen LogP contribution in [0, 0.1) is 11.3 Å². The van der Waals surface area contributed by atoms with E-state index in [0.717, 1.165) is 5.56 Å². The maximum Gasteiger partial charge on any atom is 0.267 e. The van der Waals surface area contributed by atoms with E-state index in [1.807, 2.05) is 30.3 Å². The summed E-state index contributed by atoms with van der Waals surface area (Å²) in [6, 6.07) is 14.5. The summed E-state index contributed by atoms with van der Waals surface area (Å²) < 4.78 is 27.6. The van der Waals surface area contributed by atoms with Crippen molar-refractivity contribution >= 4 is 21.6 Å². The topological polar surface area (TPSA) is 134 Å². The largest absolute Gasteiger partial charge is 0.497 e. The molecule has 0 aliphatic rings. The van der Waals surface area contributed by atoms with E-state index in [0.29, 0.717) is 18.0 Å². The lowest BCUT2D eigenvalue weighted by atomic mass is 10.2. The zero-order valence-electron chi connectivity index (χ0n) is 14.5. The van der Waals surface area contributed by atoms with Crippen molar-refractivity contribution in [1.82, 2.24) is 5.32 Å². The minimum absolute atomic E-state index is 0.0727. The van der Waals surface area contributed by atoms with Crippen LogP contribution in [-0.2, 0) is 21.4 Å². The number of nitriles is 1. The second kappa shape index (κ2) is 8.84. The van der Waals surface area contributed by atoms with Crippen molar-refractivity contribution in [2.45, 2.75) is 11.4 Å². The van der Waals surface area contributed by atoms with Crippen molar-refractivity contribution in [1.29, 1.82) is 5.26 Å². The van der Waals surface area contributed by atoms with Crippen molar-refractivity contribution in [2.24, 2.45) is 5.14 Å². The van der Waals surface area contributed by atoms with Crippen LogP contribution in [0.25, 0.3) is 0 Å². The molecule has 9 heteroatoms. The highest BCUT2D eigenvalue weighted by atomic mass is 32.2. The fraction of sp³-hybridized carbons (Fsp3) is 0.111. The van der Waals surface area contributed by atoms with Gasteiger partial charge in [-0.25, -0.2) is 13.6 Å². The van der Waals surface area contributed by atoms with E-state index >= 15 is 0 Å². The molecule has 0 aliphatic heterocycles. The number of ether oxygens (including phenoxy) is 1. The normalized spacial score (nSPS) is 11.4. The van der Waals surface area contributed by atoms with Crippen LogP contribution in [0.3, 0.4) is 0 Å². The van der Waals surface area contributed by atoms with Crippen LogP contribution >= 0.6 is 0 Å². The molecule has 27 heavy (non-hydrogen) atoms. The van der Waals surface area contributed by atoms with Gasteiger partial charge < -0.3 is 15.4 Å². The molecule has 2 aromatic carbocycles. The van der Waals surface area contributed by atoms with Crippen LogP contribution in [0.1, 0.15) is 5.56 Å². The third-order valence-corrected chi connectivity index (χ3v) is 4.42. The Balaban J connectivity index is 2.00. The van der Waals surface area contributed by atoms with Crippen LogP contribution in [0.15, 0.2) is 65.2 Å². The number of anilines is 1. The number of methoxy groups -OCH3 is 1. The summed E-state index contributed by atoms with van der Waals surface area (Å²) in [5.41, 5.74) is 1.12. The number of carbonyl (C=O) groups excluding carboxylic acids is 1. The van der Waals surface area contributed by atoms with Gasteiger partial charge in [0.15, 0.2) is 0 Å². The Morgan fingerprint density at radius 1 is 1.26 bits per heavy atom. The van der Waals surface area contributed by atoms with Crippen molar-refractivity contribution in [2.75, 3.05) is 12.4 Å². The van der Waals surface area contributed by atoms with Gasteiger partial charge in [0.1, 0.15) is 17.4 Å². The minimum atomic E-state index is -3.81. The van der Waals surface area contributed by atoms with Gasteiger partial charge in [-0.2, -0.15) is 5.26 Å². The summed E-state index contributed by atoms with van der Waals surface area (Å²) in [6.45, 7) is 0.402. The summed E-state index contributed by atoms with van der Waals surface area (Å²) in [4.78, 5) is 12.1. The van der Waals surface area contributed by atoms with Gasteiger partial charge in [0.25, 0.3) is 5.91 Å². The molecule has 0 saturated heterocycles. The second-order valence-electron chi connectivity index (χ2n) is 5.43. The number of nitrogens with zero attached hydrogens (tertiary/aromatic N) is 1. The van der Waals surface area contributed by atoms with Gasteiger partial charge in [0, 0.05) is 18.4 Å². The highest BCUT2D eigenvalue weighted by Crippen LogP contribution is 2.14. The number of hydrogen-bond donors (Lipinski definition) is 3. The Kier molecular flexibility index (Phi) is 6.54. The summed E-state index contributed by atoms with van der Waals surface area (Å²) in [7, 11) is -2.24. The number of carbonyl (C=O) groups is 1. The van der Waals surface area contributed by atoms with E-state index in [1.54, 1.807) is 7.11 Å². The minimum Gasteiger partial charge on any atom is -0.497 e. The molecule has 8 nitrogen and oxygen atoms in total. The molecular weight excluding hydrogens is 368 g/mol. The monoisotopic (exact) mass is 386 g/mol.